The van der Waals surface area contributed by atoms with Crippen LogP contribution in [0.4, 0.5) is 0 Å². The van der Waals surface area contributed by atoms with Crippen molar-refractivity contribution in [2.45, 2.75) is 72.1 Å². The second-order valence-corrected chi connectivity index (χ2v) is 9.10. The zero-order chi connectivity index (χ0) is 24.2. The minimum Gasteiger partial charge on any atom is -0.494 e. The van der Waals surface area contributed by atoms with Crippen LogP contribution in [0, 0.1) is 0 Å². The standard InChI is InChI=1S/C30H41NO3.ClH/c1-4-7-14-28-29(26-13-10-11-15-27(26)34-28)30(32)24-16-18-25(19-17-24)33-23-12-22-31(20-8-5-2)21-9-6-3;/h10-11,13,15-19H,4-9,12,14,20-23H2,1-3H3;1H. The molecule has 0 aliphatic rings. The van der Waals surface area contributed by atoms with Gasteiger partial charge in [0.15, 0.2) is 5.78 Å². The highest BCUT2D eigenvalue weighted by Crippen LogP contribution is 2.29. The fraction of sp³-hybridized carbons (Fsp3) is 0.500. The lowest BCUT2D eigenvalue weighted by atomic mass is 9.98. The van der Waals surface area contributed by atoms with Crippen LogP contribution in [0.15, 0.2) is 52.9 Å². The van der Waals surface area contributed by atoms with E-state index in [0.29, 0.717) is 17.7 Å². The molecule has 0 saturated carbocycles. The number of nitrogens with zero attached hydrogens (tertiary/aromatic N) is 1. The third-order valence-corrected chi connectivity index (χ3v) is 6.31. The van der Waals surface area contributed by atoms with E-state index in [1.165, 1.54) is 38.8 Å². The third-order valence-electron chi connectivity index (χ3n) is 6.31. The summed E-state index contributed by atoms with van der Waals surface area (Å²) in [5.41, 5.74) is 2.16. The fourth-order valence-corrected chi connectivity index (χ4v) is 4.28. The number of fused-ring (bicyclic) bond motifs is 1. The van der Waals surface area contributed by atoms with Gasteiger partial charge in [-0.05, 0) is 69.1 Å². The summed E-state index contributed by atoms with van der Waals surface area (Å²) in [7, 11) is 0. The van der Waals surface area contributed by atoms with Crippen molar-refractivity contribution in [2.24, 2.45) is 0 Å². The molecule has 0 bridgehead atoms. The molecule has 5 heteroatoms. The Kier molecular flexibility index (Phi) is 12.9. The van der Waals surface area contributed by atoms with Crippen LogP contribution < -0.4 is 4.74 Å². The quantitative estimate of drug-likeness (QED) is 0.147. The molecule has 0 amide bonds. The van der Waals surface area contributed by atoms with Crippen LogP contribution in [0.1, 0.15) is 87.4 Å². The lowest BCUT2D eigenvalue weighted by molar-refractivity contribution is 0.103. The Morgan fingerprint density at radius 2 is 1.46 bits per heavy atom. The molecule has 0 atom stereocenters. The van der Waals surface area contributed by atoms with Crippen molar-refractivity contribution < 1.29 is 13.9 Å². The number of benzene rings is 2. The van der Waals surface area contributed by atoms with E-state index in [9.17, 15) is 4.79 Å². The van der Waals surface area contributed by atoms with Gasteiger partial charge < -0.3 is 14.1 Å². The van der Waals surface area contributed by atoms with Gasteiger partial charge in [0, 0.05) is 23.9 Å². The molecule has 0 N–H and O–H groups in total. The second kappa shape index (κ2) is 15.6. The van der Waals surface area contributed by atoms with Crippen molar-refractivity contribution in [1.82, 2.24) is 4.90 Å². The number of ether oxygens (including phenoxy) is 1. The number of hydrogen-bond donors (Lipinski definition) is 0. The van der Waals surface area contributed by atoms with Gasteiger partial charge in [-0.2, -0.15) is 0 Å². The van der Waals surface area contributed by atoms with Gasteiger partial charge in [-0.15, -0.1) is 12.4 Å². The van der Waals surface area contributed by atoms with Crippen LogP contribution in [-0.2, 0) is 6.42 Å². The van der Waals surface area contributed by atoms with Crippen LogP contribution in [-0.4, -0.2) is 36.9 Å². The van der Waals surface area contributed by atoms with E-state index in [4.69, 9.17) is 9.15 Å². The van der Waals surface area contributed by atoms with Crippen LogP contribution in [0.3, 0.4) is 0 Å². The lowest BCUT2D eigenvalue weighted by Gasteiger charge is -2.21. The number of halogens is 1. The van der Waals surface area contributed by atoms with E-state index >= 15 is 0 Å². The molecule has 4 nitrogen and oxygen atoms in total. The molecule has 3 rings (SSSR count). The van der Waals surface area contributed by atoms with Gasteiger partial charge in [0.05, 0.1) is 12.2 Å². The predicted molar refractivity (Wildman–Crippen MR) is 148 cm³/mol. The van der Waals surface area contributed by atoms with Crippen molar-refractivity contribution in [3.05, 3.63) is 65.4 Å². The Bertz CT molecular complexity index is 1000. The summed E-state index contributed by atoms with van der Waals surface area (Å²) in [6.45, 7) is 10.8. The van der Waals surface area contributed by atoms with Gasteiger partial charge in [0.2, 0.25) is 0 Å². The van der Waals surface area contributed by atoms with E-state index in [1.807, 2.05) is 48.5 Å². The summed E-state index contributed by atoms with van der Waals surface area (Å²) in [5.74, 6) is 1.63. The Labute approximate surface area is 217 Å². The monoisotopic (exact) mass is 499 g/mol. The molecule has 0 radical (unpaired) electrons. The van der Waals surface area contributed by atoms with Crippen molar-refractivity contribution in [3.8, 4) is 5.75 Å². The Hall–Kier alpha value is -2.30. The van der Waals surface area contributed by atoms with Crippen LogP contribution in [0.2, 0.25) is 0 Å². The largest absolute Gasteiger partial charge is 0.494 e. The first kappa shape index (κ1) is 28.9. The molecule has 2 aromatic carbocycles. The number of rotatable bonds is 16. The van der Waals surface area contributed by atoms with Crippen molar-refractivity contribution in [2.75, 3.05) is 26.2 Å². The molecular weight excluding hydrogens is 458 g/mol. The first-order chi connectivity index (χ1) is 16.7. The maximum atomic E-state index is 13.4. The number of carbonyl (C=O) groups excluding carboxylic acids is 1. The summed E-state index contributed by atoms with van der Waals surface area (Å²) in [4.78, 5) is 16.0. The van der Waals surface area contributed by atoms with Gasteiger partial charge in [-0.1, -0.05) is 58.2 Å². The topological polar surface area (TPSA) is 42.7 Å². The third kappa shape index (κ3) is 8.40. The second-order valence-electron chi connectivity index (χ2n) is 9.10. The molecule has 0 saturated heterocycles. The molecule has 0 spiro atoms. The molecule has 0 aliphatic heterocycles. The lowest BCUT2D eigenvalue weighted by Crippen LogP contribution is -2.28. The van der Waals surface area contributed by atoms with Crippen LogP contribution >= 0.6 is 12.4 Å². The molecule has 0 unspecified atom stereocenters. The SMILES string of the molecule is CCCCc1oc2ccccc2c1C(=O)c1ccc(OCCCN(CCCC)CCCC)cc1.Cl. The zero-order valence-electron chi connectivity index (χ0n) is 21.7. The van der Waals surface area contributed by atoms with Crippen LogP contribution in [0.5, 0.6) is 5.75 Å². The highest BCUT2D eigenvalue weighted by Gasteiger charge is 2.21. The maximum Gasteiger partial charge on any atom is 0.197 e. The van der Waals surface area contributed by atoms with Crippen molar-refractivity contribution in [1.29, 1.82) is 0 Å². The maximum absolute atomic E-state index is 13.4. The number of ketones is 1. The van der Waals surface area contributed by atoms with Gasteiger partial charge in [0.25, 0.3) is 0 Å². The molecular formula is C30H42ClNO3. The highest BCUT2D eigenvalue weighted by molar-refractivity contribution is 6.16. The molecule has 1 heterocycles. The number of hydrogen-bond acceptors (Lipinski definition) is 4. The zero-order valence-corrected chi connectivity index (χ0v) is 22.5. The summed E-state index contributed by atoms with van der Waals surface area (Å²) in [6, 6.07) is 15.4. The Morgan fingerprint density at radius 3 is 2.11 bits per heavy atom. The van der Waals surface area contributed by atoms with Gasteiger partial charge in [-0.3, -0.25) is 4.79 Å². The van der Waals surface area contributed by atoms with Gasteiger partial charge >= 0.3 is 0 Å². The number of carbonyl (C=O) groups is 1. The van der Waals surface area contributed by atoms with E-state index in [2.05, 4.69) is 25.7 Å². The minimum absolute atomic E-state index is 0. The first-order valence-corrected chi connectivity index (χ1v) is 13.2. The highest BCUT2D eigenvalue weighted by atomic mass is 35.5. The molecule has 1 aromatic heterocycles. The van der Waals surface area contributed by atoms with E-state index in [1.54, 1.807) is 0 Å². The van der Waals surface area contributed by atoms with Crippen LogP contribution in [0.25, 0.3) is 11.0 Å². The summed E-state index contributed by atoms with van der Waals surface area (Å²) < 4.78 is 12.0. The summed E-state index contributed by atoms with van der Waals surface area (Å²) >= 11 is 0. The molecule has 35 heavy (non-hydrogen) atoms. The summed E-state index contributed by atoms with van der Waals surface area (Å²) in [6.07, 6.45) is 8.83. The average Bonchev–Trinajstić information content (AvgIpc) is 3.24. The van der Waals surface area contributed by atoms with Crippen molar-refractivity contribution in [3.63, 3.8) is 0 Å². The molecule has 0 aliphatic carbocycles. The molecule has 3 aromatic rings. The average molecular weight is 500 g/mol. The Morgan fingerprint density at radius 1 is 0.829 bits per heavy atom. The molecule has 192 valence electrons. The number of furan rings is 1. The number of para-hydroxylation sites is 1. The normalized spacial score (nSPS) is 11.1. The molecule has 0 fully saturated rings. The Balaban J connectivity index is 0.00000432. The fourth-order valence-electron chi connectivity index (χ4n) is 4.28. The van der Waals surface area contributed by atoms with E-state index in [0.717, 1.165) is 54.7 Å². The van der Waals surface area contributed by atoms with Crippen molar-refractivity contribution >= 4 is 29.2 Å². The summed E-state index contributed by atoms with van der Waals surface area (Å²) in [5, 5.41) is 0.898. The number of aryl methyl sites for hydroxylation is 1. The minimum atomic E-state index is 0. The predicted octanol–water partition coefficient (Wildman–Crippen LogP) is 8.10. The van der Waals surface area contributed by atoms with E-state index < -0.39 is 0 Å². The smallest absolute Gasteiger partial charge is 0.197 e. The van der Waals surface area contributed by atoms with Gasteiger partial charge in [-0.25, -0.2) is 0 Å². The number of unbranched alkanes of at least 4 members (excludes halogenated alkanes) is 3. The first-order valence-electron chi connectivity index (χ1n) is 13.2. The van der Waals surface area contributed by atoms with E-state index in [-0.39, 0.29) is 18.2 Å². The van der Waals surface area contributed by atoms with Gasteiger partial charge in [0.1, 0.15) is 17.1 Å².